The zero-order valence-corrected chi connectivity index (χ0v) is 15.3. The molecule has 0 bridgehead atoms. The van der Waals surface area contributed by atoms with E-state index in [4.69, 9.17) is 4.99 Å². The van der Waals surface area contributed by atoms with Gasteiger partial charge in [0.1, 0.15) is 6.29 Å². The molecule has 0 aliphatic heterocycles. The normalized spacial score (nSPS) is 11.5. The number of aldehydes is 1. The average Bonchev–Trinajstić information content (AvgIpc) is 3.07. The molecule has 4 rings (SSSR count). The fourth-order valence-electron chi connectivity index (χ4n) is 3.21. The van der Waals surface area contributed by atoms with E-state index < -0.39 is 0 Å². The van der Waals surface area contributed by atoms with Crippen molar-refractivity contribution in [2.24, 2.45) is 4.99 Å². The molecule has 0 fully saturated rings. The molecule has 0 spiro atoms. The number of hydrogen-bond acceptors (Lipinski definition) is 4. The van der Waals surface area contributed by atoms with Crippen LogP contribution >= 0.6 is 0 Å². The number of aliphatic imine (C=N–C) groups is 1. The van der Waals surface area contributed by atoms with Gasteiger partial charge in [-0.05, 0) is 30.3 Å². The lowest BCUT2D eigenvalue weighted by atomic mass is 10.00. The number of aromatic amines is 1. The Morgan fingerprint density at radius 2 is 1.79 bits per heavy atom. The second-order valence-corrected chi connectivity index (χ2v) is 6.39. The molecular weight excluding hydrogens is 350 g/mol. The summed E-state index contributed by atoms with van der Waals surface area (Å²) in [7, 11) is 1.87. The molecule has 1 heterocycles. The van der Waals surface area contributed by atoms with Gasteiger partial charge in [-0.15, -0.1) is 0 Å². The summed E-state index contributed by atoms with van der Waals surface area (Å²) < 4.78 is 0. The summed E-state index contributed by atoms with van der Waals surface area (Å²) in [6.45, 7) is 0. The number of anilines is 1. The summed E-state index contributed by atoms with van der Waals surface area (Å²) in [6, 6.07) is 22.7. The molecule has 28 heavy (non-hydrogen) atoms. The molecule has 0 radical (unpaired) electrons. The summed E-state index contributed by atoms with van der Waals surface area (Å²) in [4.78, 5) is 18.9. The van der Waals surface area contributed by atoms with E-state index in [-0.39, 0.29) is 5.88 Å². The molecule has 5 nitrogen and oxygen atoms in total. The van der Waals surface area contributed by atoms with Crippen LogP contribution in [0.2, 0.25) is 0 Å². The van der Waals surface area contributed by atoms with Crippen LogP contribution in [-0.2, 0) is 0 Å². The van der Waals surface area contributed by atoms with E-state index in [2.05, 4.69) is 10.3 Å². The SMILES string of the molecule is CNc1ccc(N=C(c2ccccc2)c2c(O)[nH]c3cc(C=O)ccc23)cc1. The van der Waals surface area contributed by atoms with Crippen molar-refractivity contribution in [3.63, 3.8) is 0 Å². The van der Waals surface area contributed by atoms with Crippen LogP contribution in [0.15, 0.2) is 77.8 Å². The predicted octanol–water partition coefficient (Wildman–Crippen LogP) is 4.90. The monoisotopic (exact) mass is 369 g/mol. The number of H-pyrrole nitrogens is 1. The number of nitrogens with one attached hydrogen (secondary N) is 2. The van der Waals surface area contributed by atoms with Crippen LogP contribution in [-0.4, -0.2) is 29.1 Å². The lowest BCUT2D eigenvalue weighted by Gasteiger charge is -2.08. The minimum atomic E-state index is 0.0208. The number of aromatic hydroxyl groups is 1. The Morgan fingerprint density at radius 1 is 1.04 bits per heavy atom. The maximum absolute atomic E-state index is 11.1. The van der Waals surface area contributed by atoms with Gasteiger partial charge >= 0.3 is 0 Å². The Bertz CT molecular complexity index is 1160. The fourth-order valence-corrected chi connectivity index (χ4v) is 3.21. The Hall–Kier alpha value is -3.86. The average molecular weight is 369 g/mol. The molecule has 0 unspecified atom stereocenters. The zero-order chi connectivity index (χ0) is 19.5. The molecule has 0 atom stereocenters. The second-order valence-electron chi connectivity index (χ2n) is 6.39. The Labute approximate surface area is 162 Å². The number of benzene rings is 3. The highest BCUT2D eigenvalue weighted by atomic mass is 16.3. The lowest BCUT2D eigenvalue weighted by Crippen LogP contribution is -2.02. The van der Waals surface area contributed by atoms with Crippen molar-refractivity contribution in [1.29, 1.82) is 0 Å². The number of rotatable bonds is 5. The van der Waals surface area contributed by atoms with Gasteiger partial charge in [0.2, 0.25) is 0 Å². The van der Waals surface area contributed by atoms with Crippen molar-refractivity contribution in [1.82, 2.24) is 4.98 Å². The van der Waals surface area contributed by atoms with Gasteiger partial charge in [0.25, 0.3) is 0 Å². The highest BCUT2D eigenvalue weighted by Gasteiger charge is 2.18. The molecule has 3 aromatic carbocycles. The predicted molar refractivity (Wildman–Crippen MR) is 113 cm³/mol. The molecule has 3 N–H and O–H groups in total. The third-order valence-electron chi connectivity index (χ3n) is 4.62. The number of fused-ring (bicyclic) bond motifs is 1. The minimum Gasteiger partial charge on any atom is -0.494 e. The van der Waals surface area contributed by atoms with Crippen molar-refractivity contribution in [3.05, 3.63) is 89.5 Å². The molecule has 4 aromatic rings. The largest absolute Gasteiger partial charge is 0.494 e. The quantitative estimate of drug-likeness (QED) is 0.346. The molecule has 0 amide bonds. The van der Waals surface area contributed by atoms with E-state index in [1.165, 1.54) is 0 Å². The van der Waals surface area contributed by atoms with Crippen LogP contribution in [0.3, 0.4) is 0 Å². The Kier molecular flexibility index (Phi) is 4.64. The summed E-state index contributed by atoms with van der Waals surface area (Å²) in [6.07, 6.45) is 0.784. The summed E-state index contributed by atoms with van der Waals surface area (Å²) in [5.41, 5.74) is 5.15. The van der Waals surface area contributed by atoms with Crippen molar-refractivity contribution in [2.75, 3.05) is 12.4 Å². The van der Waals surface area contributed by atoms with Gasteiger partial charge < -0.3 is 15.4 Å². The van der Waals surface area contributed by atoms with E-state index >= 15 is 0 Å². The third kappa shape index (κ3) is 3.25. The van der Waals surface area contributed by atoms with E-state index in [1.54, 1.807) is 12.1 Å². The smallest absolute Gasteiger partial charge is 0.199 e. The molecule has 1 aromatic heterocycles. The van der Waals surface area contributed by atoms with Gasteiger partial charge in [-0.1, -0.05) is 42.5 Å². The van der Waals surface area contributed by atoms with E-state index in [0.29, 0.717) is 22.4 Å². The number of hydrogen-bond donors (Lipinski definition) is 3. The van der Waals surface area contributed by atoms with Gasteiger partial charge in [-0.2, -0.15) is 0 Å². The molecule has 138 valence electrons. The molecule has 0 saturated carbocycles. The van der Waals surface area contributed by atoms with Gasteiger partial charge in [0, 0.05) is 34.8 Å². The third-order valence-corrected chi connectivity index (χ3v) is 4.62. The van der Waals surface area contributed by atoms with Gasteiger partial charge in [0.05, 0.1) is 17.0 Å². The first-order chi connectivity index (χ1) is 13.7. The highest BCUT2D eigenvalue weighted by molar-refractivity contribution is 6.22. The van der Waals surface area contributed by atoms with Gasteiger partial charge in [0.15, 0.2) is 5.88 Å². The van der Waals surface area contributed by atoms with E-state index in [9.17, 15) is 9.90 Å². The maximum Gasteiger partial charge on any atom is 0.199 e. The summed E-state index contributed by atoms with van der Waals surface area (Å²) in [5, 5.41) is 14.5. The molecule has 0 aliphatic carbocycles. The van der Waals surface area contributed by atoms with E-state index in [0.717, 1.165) is 28.6 Å². The first-order valence-electron chi connectivity index (χ1n) is 8.92. The standard InChI is InChI=1S/C23H19N3O2/c1-24-17-8-10-18(11-9-17)25-22(16-5-3-2-4-6-16)21-19-12-7-15(14-27)13-20(19)26-23(21)28/h2-14,24,26,28H,1H3. The van der Waals surface area contributed by atoms with Crippen LogP contribution in [0.1, 0.15) is 21.5 Å². The molecule has 0 aliphatic rings. The number of aromatic nitrogens is 1. The van der Waals surface area contributed by atoms with Crippen LogP contribution in [0.5, 0.6) is 5.88 Å². The van der Waals surface area contributed by atoms with Gasteiger partial charge in [-0.25, -0.2) is 4.99 Å². The van der Waals surface area contributed by atoms with Crippen molar-refractivity contribution in [3.8, 4) is 5.88 Å². The minimum absolute atomic E-state index is 0.0208. The van der Waals surface area contributed by atoms with E-state index in [1.807, 2.05) is 67.7 Å². The lowest BCUT2D eigenvalue weighted by molar-refractivity contribution is 0.112. The summed E-state index contributed by atoms with van der Waals surface area (Å²) >= 11 is 0. The Morgan fingerprint density at radius 3 is 2.46 bits per heavy atom. The first-order valence-corrected chi connectivity index (χ1v) is 8.92. The number of carbonyl (C=O) groups is 1. The van der Waals surface area contributed by atoms with Crippen molar-refractivity contribution >= 4 is 34.3 Å². The first kappa shape index (κ1) is 17.5. The van der Waals surface area contributed by atoms with Gasteiger partial charge in [-0.3, -0.25) is 4.79 Å². The number of nitrogens with zero attached hydrogens (tertiary/aromatic N) is 1. The Balaban J connectivity index is 1.93. The molecule has 0 saturated heterocycles. The molecular formula is C23H19N3O2. The topological polar surface area (TPSA) is 77.5 Å². The number of carbonyl (C=O) groups excluding carboxylic acids is 1. The highest BCUT2D eigenvalue weighted by Crippen LogP contribution is 2.32. The van der Waals surface area contributed by atoms with Crippen molar-refractivity contribution < 1.29 is 9.90 Å². The van der Waals surface area contributed by atoms with Crippen molar-refractivity contribution in [2.45, 2.75) is 0 Å². The maximum atomic E-state index is 11.1. The van der Waals surface area contributed by atoms with Crippen LogP contribution in [0.25, 0.3) is 10.9 Å². The second kappa shape index (κ2) is 7.40. The zero-order valence-electron chi connectivity index (χ0n) is 15.3. The molecule has 5 heteroatoms. The van der Waals surface area contributed by atoms with Crippen LogP contribution < -0.4 is 5.32 Å². The van der Waals surface area contributed by atoms with Crippen LogP contribution in [0, 0.1) is 0 Å². The van der Waals surface area contributed by atoms with Crippen LogP contribution in [0.4, 0.5) is 11.4 Å². The fraction of sp³-hybridized carbons (Fsp3) is 0.0435. The summed E-state index contributed by atoms with van der Waals surface area (Å²) in [5.74, 6) is 0.0208.